The van der Waals surface area contributed by atoms with E-state index in [0.29, 0.717) is 17.5 Å². The van der Waals surface area contributed by atoms with E-state index in [0.717, 1.165) is 10.5 Å². The Morgan fingerprint density at radius 1 is 1.00 bits per heavy atom. The molecule has 4 rings (SSSR count). The molecule has 0 aromatic heterocycles. The minimum Gasteiger partial charge on any atom is -0.445 e. The number of fused-ring (bicyclic) bond motifs is 1. The van der Waals surface area contributed by atoms with Crippen LogP contribution in [-0.4, -0.2) is 41.1 Å². The van der Waals surface area contributed by atoms with E-state index in [1.54, 1.807) is 24.3 Å². The van der Waals surface area contributed by atoms with Crippen molar-refractivity contribution < 1.29 is 23.5 Å². The Labute approximate surface area is 167 Å². The van der Waals surface area contributed by atoms with Crippen LogP contribution in [0.3, 0.4) is 0 Å². The van der Waals surface area contributed by atoms with Crippen molar-refractivity contribution >= 4 is 17.9 Å². The summed E-state index contributed by atoms with van der Waals surface area (Å²) in [7, 11) is 0. The van der Waals surface area contributed by atoms with E-state index in [1.165, 1.54) is 0 Å². The maximum absolute atomic E-state index is 14.9. The summed E-state index contributed by atoms with van der Waals surface area (Å²) in [5.74, 6) is -0.904. The van der Waals surface area contributed by atoms with Gasteiger partial charge in [0.2, 0.25) is 0 Å². The molecule has 1 N–H and O–H groups in total. The van der Waals surface area contributed by atoms with E-state index in [2.05, 4.69) is 5.32 Å². The second-order valence-corrected chi connectivity index (χ2v) is 7.33. The third-order valence-electron chi connectivity index (χ3n) is 5.43. The van der Waals surface area contributed by atoms with Gasteiger partial charge in [-0.2, -0.15) is 0 Å². The molecular weight excluding hydrogens is 375 g/mol. The number of imide groups is 1. The minimum atomic E-state index is -1.41. The van der Waals surface area contributed by atoms with Crippen LogP contribution in [0.25, 0.3) is 0 Å². The second-order valence-electron chi connectivity index (χ2n) is 7.33. The molecule has 1 aliphatic heterocycles. The van der Waals surface area contributed by atoms with Crippen LogP contribution in [0.1, 0.15) is 45.5 Å². The van der Waals surface area contributed by atoms with Gasteiger partial charge in [-0.1, -0.05) is 42.5 Å². The van der Waals surface area contributed by atoms with E-state index in [9.17, 15) is 18.8 Å². The number of ether oxygens (including phenoxy) is 1. The number of alkyl halides is 1. The Balaban J connectivity index is 1.32. The van der Waals surface area contributed by atoms with Crippen LogP contribution in [0.5, 0.6) is 0 Å². The Morgan fingerprint density at radius 2 is 1.62 bits per heavy atom. The van der Waals surface area contributed by atoms with Gasteiger partial charge in [0.25, 0.3) is 11.8 Å². The fourth-order valence-corrected chi connectivity index (χ4v) is 3.96. The summed E-state index contributed by atoms with van der Waals surface area (Å²) in [5.41, 5.74) is 1.49. The van der Waals surface area contributed by atoms with Crippen molar-refractivity contribution in [1.82, 2.24) is 10.2 Å². The highest BCUT2D eigenvalue weighted by Gasteiger charge is 2.45. The van der Waals surface area contributed by atoms with Gasteiger partial charge in [-0.3, -0.25) is 14.5 Å². The first-order valence-electron chi connectivity index (χ1n) is 9.63. The number of benzene rings is 2. The number of rotatable bonds is 4. The molecule has 2 aromatic carbocycles. The summed E-state index contributed by atoms with van der Waals surface area (Å²) in [6.07, 6.45) is -1.25. The quantitative estimate of drug-likeness (QED) is 0.803. The molecule has 150 valence electrons. The van der Waals surface area contributed by atoms with Crippen molar-refractivity contribution in [3.8, 4) is 0 Å². The van der Waals surface area contributed by atoms with E-state index >= 15 is 0 Å². The smallest absolute Gasteiger partial charge is 0.407 e. The predicted molar refractivity (Wildman–Crippen MR) is 103 cm³/mol. The average molecular weight is 396 g/mol. The summed E-state index contributed by atoms with van der Waals surface area (Å²) in [4.78, 5) is 38.2. The van der Waals surface area contributed by atoms with Gasteiger partial charge >= 0.3 is 6.09 Å². The molecule has 2 aromatic rings. The summed E-state index contributed by atoms with van der Waals surface area (Å²) in [5, 5.41) is 2.68. The molecule has 0 bridgehead atoms. The van der Waals surface area contributed by atoms with Crippen molar-refractivity contribution in [3.05, 3.63) is 71.3 Å². The van der Waals surface area contributed by atoms with Crippen molar-refractivity contribution in [2.75, 3.05) is 0 Å². The third kappa shape index (κ3) is 3.85. The highest BCUT2D eigenvalue weighted by molar-refractivity contribution is 6.21. The van der Waals surface area contributed by atoms with Crippen LogP contribution in [0.4, 0.5) is 9.18 Å². The van der Waals surface area contributed by atoms with Gasteiger partial charge < -0.3 is 10.1 Å². The fraction of sp³-hybridized carbons (Fsp3) is 0.318. The number of carbonyl (C=O) groups excluding carboxylic acids is 3. The van der Waals surface area contributed by atoms with Crippen LogP contribution >= 0.6 is 0 Å². The Kier molecular flexibility index (Phi) is 5.29. The normalized spacial score (nSPS) is 23.6. The number of carbonyl (C=O) groups is 3. The first-order chi connectivity index (χ1) is 14.0. The molecule has 0 unspecified atom stereocenters. The van der Waals surface area contributed by atoms with Gasteiger partial charge in [0.1, 0.15) is 12.8 Å². The van der Waals surface area contributed by atoms with Gasteiger partial charge in [0, 0.05) is 12.5 Å². The Bertz CT molecular complexity index is 898. The van der Waals surface area contributed by atoms with Crippen LogP contribution < -0.4 is 5.32 Å². The van der Waals surface area contributed by atoms with Crippen LogP contribution in [0.15, 0.2) is 54.6 Å². The number of nitrogens with one attached hydrogen (secondary N) is 1. The average Bonchev–Trinajstić information content (AvgIpc) is 2.98. The lowest BCUT2D eigenvalue weighted by atomic mass is 9.88. The maximum Gasteiger partial charge on any atom is 0.407 e. The van der Waals surface area contributed by atoms with E-state index in [1.807, 2.05) is 30.3 Å². The SMILES string of the molecule is O=C(N[C@@H]1CC[C@@H](N2C(=O)c3ccccc3C2=O)[C@@H](F)C1)OCc1ccccc1. The summed E-state index contributed by atoms with van der Waals surface area (Å²) in [6, 6.07) is 14.6. The molecule has 0 radical (unpaired) electrons. The minimum absolute atomic E-state index is 0.0263. The van der Waals surface area contributed by atoms with Crippen LogP contribution in [-0.2, 0) is 11.3 Å². The molecule has 3 atom stereocenters. The molecule has 2 aliphatic rings. The van der Waals surface area contributed by atoms with Gasteiger partial charge in [0.15, 0.2) is 0 Å². The van der Waals surface area contributed by atoms with Crippen molar-refractivity contribution in [3.63, 3.8) is 0 Å². The molecule has 29 heavy (non-hydrogen) atoms. The third-order valence-corrected chi connectivity index (χ3v) is 5.43. The number of nitrogens with zero attached hydrogens (tertiary/aromatic N) is 1. The molecule has 3 amide bonds. The lowest BCUT2D eigenvalue weighted by Gasteiger charge is -2.36. The van der Waals surface area contributed by atoms with Crippen LogP contribution in [0, 0.1) is 0 Å². The predicted octanol–water partition coefficient (Wildman–Crippen LogP) is 3.47. The first-order valence-corrected chi connectivity index (χ1v) is 9.63. The fourth-order valence-electron chi connectivity index (χ4n) is 3.96. The number of amides is 3. The molecular formula is C22H21FN2O4. The van der Waals surface area contributed by atoms with Gasteiger partial charge in [0.05, 0.1) is 17.2 Å². The number of hydrogen-bond donors (Lipinski definition) is 1. The zero-order valence-electron chi connectivity index (χ0n) is 15.7. The molecule has 1 aliphatic carbocycles. The zero-order valence-corrected chi connectivity index (χ0v) is 15.7. The van der Waals surface area contributed by atoms with Crippen molar-refractivity contribution in [2.24, 2.45) is 0 Å². The molecule has 6 nitrogen and oxygen atoms in total. The lowest BCUT2D eigenvalue weighted by molar-refractivity contribution is 0.0378. The summed E-state index contributed by atoms with van der Waals surface area (Å²) < 4.78 is 20.1. The van der Waals surface area contributed by atoms with Crippen molar-refractivity contribution in [1.29, 1.82) is 0 Å². The Morgan fingerprint density at radius 3 is 2.24 bits per heavy atom. The maximum atomic E-state index is 14.9. The van der Waals surface area contributed by atoms with Crippen molar-refractivity contribution in [2.45, 2.75) is 44.1 Å². The summed E-state index contributed by atoms with van der Waals surface area (Å²) in [6.45, 7) is 0.135. The first kappa shape index (κ1) is 19.1. The molecule has 7 heteroatoms. The largest absolute Gasteiger partial charge is 0.445 e. The van der Waals surface area contributed by atoms with E-state index in [-0.39, 0.29) is 19.4 Å². The van der Waals surface area contributed by atoms with Gasteiger partial charge in [-0.25, -0.2) is 9.18 Å². The number of halogens is 1. The zero-order chi connectivity index (χ0) is 20.4. The molecule has 0 saturated heterocycles. The van der Waals surface area contributed by atoms with Crippen LogP contribution in [0.2, 0.25) is 0 Å². The summed E-state index contributed by atoms with van der Waals surface area (Å²) >= 11 is 0. The molecule has 1 heterocycles. The molecule has 1 fully saturated rings. The van der Waals surface area contributed by atoms with Gasteiger partial charge in [-0.15, -0.1) is 0 Å². The molecule has 0 spiro atoms. The standard InChI is InChI=1S/C22H21FN2O4/c23-18-12-15(24-22(28)29-13-14-6-2-1-3-7-14)10-11-19(18)25-20(26)16-8-4-5-9-17(16)21(25)27/h1-9,15,18-19H,10-13H2,(H,24,28)/t15-,18+,19-/m1/s1. The number of alkyl carbamates (subject to hydrolysis) is 1. The highest BCUT2D eigenvalue weighted by atomic mass is 19.1. The molecule has 1 saturated carbocycles. The number of hydrogen-bond acceptors (Lipinski definition) is 4. The highest BCUT2D eigenvalue weighted by Crippen LogP contribution is 2.32. The topological polar surface area (TPSA) is 75.7 Å². The van der Waals surface area contributed by atoms with E-state index in [4.69, 9.17) is 4.74 Å². The Hall–Kier alpha value is -3.22. The second kappa shape index (κ2) is 8.03. The monoisotopic (exact) mass is 396 g/mol. The van der Waals surface area contributed by atoms with E-state index < -0.39 is 36.2 Å². The van der Waals surface area contributed by atoms with Gasteiger partial charge in [-0.05, 0) is 30.5 Å². The lowest BCUT2D eigenvalue weighted by Crippen LogP contribution is -2.52.